The second-order valence-corrected chi connectivity index (χ2v) is 5.74. The van der Waals surface area contributed by atoms with Crippen LogP contribution in [0.2, 0.25) is 0 Å². The highest BCUT2D eigenvalue weighted by molar-refractivity contribution is 7.80. The molecular formula is C12H15N5S2. The lowest BCUT2D eigenvalue weighted by Gasteiger charge is -2.05. The molecule has 0 saturated heterocycles. The molecule has 2 aromatic heterocycles. The second kappa shape index (κ2) is 5.58. The van der Waals surface area contributed by atoms with Crippen molar-refractivity contribution in [2.24, 2.45) is 5.73 Å². The van der Waals surface area contributed by atoms with Crippen LogP contribution in [0.5, 0.6) is 0 Å². The molecule has 0 saturated carbocycles. The van der Waals surface area contributed by atoms with Gasteiger partial charge in [-0.25, -0.2) is 15.0 Å². The predicted molar refractivity (Wildman–Crippen MR) is 82.1 cm³/mol. The molecule has 0 amide bonds. The summed E-state index contributed by atoms with van der Waals surface area (Å²) in [5.41, 5.74) is 8.01. The SMILES string of the molecule is Cc1cc(C(N)=S)nc(Nc2nc(C(C)C)cs2)n1. The van der Waals surface area contributed by atoms with Gasteiger partial charge >= 0.3 is 0 Å². The van der Waals surface area contributed by atoms with E-state index in [9.17, 15) is 0 Å². The van der Waals surface area contributed by atoms with Crippen LogP contribution in [0.1, 0.15) is 36.8 Å². The maximum Gasteiger partial charge on any atom is 0.229 e. The molecule has 3 N–H and O–H groups in total. The van der Waals surface area contributed by atoms with Crippen molar-refractivity contribution in [1.29, 1.82) is 0 Å². The standard InChI is InChI=1S/C12H15N5S2/c1-6(2)9-5-19-12(16-9)17-11-14-7(3)4-8(15-11)10(13)18/h4-6H,1-3H3,(H2,13,18)(H,14,15,16,17). The lowest BCUT2D eigenvalue weighted by molar-refractivity contribution is 0.834. The Morgan fingerprint density at radius 3 is 2.68 bits per heavy atom. The van der Waals surface area contributed by atoms with E-state index in [0.29, 0.717) is 17.6 Å². The number of hydrogen-bond donors (Lipinski definition) is 2. The van der Waals surface area contributed by atoms with Gasteiger partial charge in [0, 0.05) is 11.1 Å². The van der Waals surface area contributed by atoms with Gasteiger partial charge in [-0.1, -0.05) is 26.1 Å². The summed E-state index contributed by atoms with van der Waals surface area (Å²) in [6.07, 6.45) is 0. The van der Waals surface area contributed by atoms with Crippen LogP contribution in [-0.4, -0.2) is 19.9 Å². The minimum absolute atomic E-state index is 0.260. The normalized spacial score (nSPS) is 10.7. The van der Waals surface area contributed by atoms with Gasteiger partial charge in [0.25, 0.3) is 0 Å². The summed E-state index contributed by atoms with van der Waals surface area (Å²) in [5, 5.41) is 5.88. The third kappa shape index (κ3) is 3.45. The Morgan fingerprint density at radius 1 is 1.37 bits per heavy atom. The third-order valence-electron chi connectivity index (χ3n) is 2.44. The van der Waals surface area contributed by atoms with E-state index in [1.807, 2.05) is 12.3 Å². The van der Waals surface area contributed by atoms with Crippen LogP contribution in [0.25, 0.3) is 0 Å². The average Bonchev–Trinajstić information content (AvgIpc) is 2.76. The largest absolute Gasteiger partial charge is 0.388 e. The molecule has 0 unspecified atom stereocenters. The minimum atomic E-state index is 0.260. The maximum absolute atomic E-state index is 5.59. The van der Waals surface area contributed by atoms with Gasteiger partial charge in [0.1, 0.15) is 10.7 Å². The van der Waals surface area contributed by atoms with Crippen molar-refractivity contribution in [2.75, 3.05) is 5.32 Å². The number of nitrogens with zero attached hydrogens (tertiary/aromatic N) is 3. The van der Waals surface area contributed by atoms with Crippen molar-refractivity contribution in [3.8, 4) is 0 Å². The summed E-state index contributed by atoms with van der Waals surface area (Å²) >= 11 is 6.46. The maximum atomic E-state index is 5.59. The lowest BCUT2D eigenvalue weighted by Crippen LogP contribution is -2.13. The number of nitrogens with two attached hydrogens (primary N) is 1. The number of rotatable bonds is 4. The van der Waals surface area contributed by atoms with E-state index in [2.05, 4.69) is 34.1 Å². The van der Waals surface area contributed by atoms with E-state index in [1.165, 1.54) is 11.3 Å². The van der Waals surface area contributed by atoms with E-state index < -0.39 is 0 Å². The summed E-state index contributed by atoms with van der Waals surface area (Å²) in [6, 6.07) is 1.76. The number of thiazole rings is 1. The molecule has 2 aromatic rings. The molecule has 2 rings (SSSR count). The zero-order chi connectivity index (χ0) is 14.0. The molecule has 0 aromatic carbocycles. The van der Waals surface area contributed by atoms with Gasteiger partial charge < -0.3 is 11.1 Å². The van der Waals surface area contributed by atoms with E-state index >= 15 is 0 Å². The zero-order valence-corrected chi connectivity index (χ0v) is 12.6. The fourth-order valence-electron chi connectivity index (χ4n) is 1.46. The van der Waals surface area contributed by atoms with Crippen molar-refractivity contribution in [1.82, 2.24) is 15.0 Å². The number of hydrogen-bond acceptors (Lipinski definition) is 6. The second-order valence-electron chi connectivity index (χ2n) is 4.44. The molecule has 0 spiro atoms. The molecule has 19 heavy (non-hydrogen) atoms. The first-order valence-corrected chi connectivity index (χ1v) is 7.12. The monoisotopic (exact) mass is 293 g/mol. The molecular weight excluding hydrogens is 278 g/mol. The highest BCUT2D eigenvalue weighted by Crippen LogP contribution is 2.23. The van der Waals surface area contributed by atoms with Gasteiger partial charge in [0.05, 0.1) is 5.69 Å². The molecule has 0 atom stereocenters. The van der Waals surface area contributed by atoms with Crippen molar-refractivity contribution in [3.05, 3.63) is 28.5 Å². The highest BCUT2D eigenvalue weighted by atomic mass is 32.1. The minimum Gasteiger partial charge on any atom is -0.388 e. The van der Waals surface area contributed by atoms with Crippen molar-refractivity contribution < 1.29 is 0 Å². The number of aromatic nitrogens is 3. The van der Waals surface area contributed by atoms with Gasteiger partial charge in [-0.2, -0.15) is 0 Å². The Morgan fingerprint density at radius 2 is 2.11 bits per heavy atom. The van der Waals surface area contributed by atoms with Crippen LogP contribution in [0, 0.1) is 6.92 Å². The van der Waals surface area contributed by atoms with E-state index in [-0.39, 0.29) is 4.99 Å². The number of aryl methyl sites for hydroxylation is 1. The van der Waals surface area contributed by atoms with Crippen LogP contribution < -0.4 is 11.1 Å². The van der Waals surface area contributed by atoms with Crippen molar-refractivity contribution in [2.45, 2.75) is 26.7 Å². The van der Waals surface area contributed by atoms with Crippen molar-refractivity contribution >= 4 is 39.6 Å². The van der Waals surface area contributed by atoms with Gasteiger partial charge in [-0.05, 0) is 18.9 Å². The molecule has 2 heterocycles. The first kappa shape index (κ1) is 13.8. The van der Waals surface area contributed by atoms with Crippen LogP contribution in [-0.2, 0) is 0 Å². The summed E-state index contributed by atoms with van der Waals surface area (Å²) < 4.78 is 0. The van der Waals surface area contributed by atoms with Crippen LogP contribution in [0.4, 0.5) is 11.1 Å². The Kier molecular flexibility index (Phi) is 4.06. The molecule has 0 radical (unpaired) electrons. The molecule has 0 aliphatic heterocycles. The van der Waals surface area contributed by atoms with Crippen LogP contribution >= 0.6 is 23.6 Å². The van der Waals surface area contributed by atoms with Crippen LogP contribution in [0.15, 0.2) is 11.4 Å². The summed E-state index contributed by atoms with van der Waals surface area (Å²) in [7, 11) is 0. The summed E-state index contributed by atoms with van der Waals surface area (Å²) in [5.74, 6) is 0.866. The summed E-state index contributed by atoms with van der Waals surface area (Å²) in [6.45, 7) is 6.08. The first-order chi connectivity index (χ1) is 8.95. The number of nitrogens with one attached hydrogen (secondary N) is 1. The van der Waals surface area contributed by atoms with Crippen LogP contribution in [0.3, 0.4) is 0 Å². The molecule has 0 bridgehead atoms. The Labute approximate surface area is 121 Å². The van der Waals surface area contributed by atoms with E-state index in [0.717, 1.165) is 16.5 Å². The predicted octanol–water partition coefficient (Wildman–Crippen LogP) is 2.74. The highest BCUT2D eigenvalue weighted by Gasteiger charge is 2.09. The molecule has 100 valence electrons. The topological polar surface area (TPSA) is 76.7 Å². The first-order valence-electron chi connectivity index (χ1n) is 5.83. The Hall–Kier alpha value is -1.60. The fourth-order valence-corrected chi connectivity index (χ4v) is 2.43. The lowest BCUT2D eigenvalue weighted by atomic mass is 10.2. The molecule has 7 heteroatoms. The van der Waals surface area contributed by atoms with Crippen molar-refractivity contribution in [3.63, 3.8) is 0 Å². The zero-order valence-electron chi connectivity index (χ0n) is 11.0. The number of thiocarbonyl (C=S) groups is 1. The average molecular weight is 293 g/mol. The molecule has 0 fully saturated rings. The quantitative estimate of drug-likeness (QED) is 0.844. The van der Waals surface area contributed by atoms with E-state index in [1.54, 1.807) is 6.07 Å². The van der Waals surface area contributed by atoms with Gasteiger partial charge in [-0.3, -0.25) is 0 Å². The number of anilines is 2. The Bertz CT molecular complexity index is 606. The smallest absolute Gasteiger partial charge is 0.229 e. The molecule has 5 nitrogen and oxygen atoms in total. The van der Waals surface area contributed by atoms with Gasteiger partial charge in [0.2, 0.25) is 5.95 Å². The van der Waals surface area contributed by atoms with Gasteiger partial charge in [-0.15, -0.1) is 11.3 Å². The van der Waals surface area contributed by atoms with E-state index in [4.69, 9.17) is 18.0 Å². The molecule has 0 aliphatic rings. The fraction of sp³-hybridized carbons (Fsp3) is 0.333. The molecule has 0 aliphatic carbocycles. The third-order valence-corrected chi connectivity index (χ3v) is 3.42. The Balaban J connectivity index is 2.24. The van der Waals surface area contributed by atoms with Gasteiger partial charge in [0.15, 0.2) is 5.13 Å². The summed E-state index contributed by atoms with van der Waals surface area (Å²) in [4.78, 5) is 13.3.